The second-order valence-electron chi connectivity index (χ2n) is 6.55. The van der Waals surface area contributed by atoms with Gasteiger partial charge in [-0.25, -0.2) is 4.98 Å². The molecule has 4 aromatic rings. The third kappa shape index (κ3) is 4.08. The quantitative estimate of drug-likeness (QED) is 0.325. The summed E-state index contributed by atoms with van der Waals surface area (Å²) in [5.74, 6) is -0.00177. The smallest absolute Gasteiger partial charge is 0.159 e. The standard InChI is InChI=1S/C24H17N3OS/c1-16(28)18-7-4-8-22(12-18)26-14-21(13-25)24-27-23(15-29-24)20-10-9-17-5-2-3-6-19(17)11-20/h2-12,14-15,26H,1H3/b21-14+. The van der Waals surface area contributed by atoms with E-state index in [-0.39, 0.29) is 5.78 Å². The van der Waals surface area contributed by atoms with Gasteiger partial charge < -0.3 is 5.32 Å². The molecule has 4 nitrogen and oxygen atoms in total. The fourth-order valence-corrected chi connectivity index (χ4v) is 3.80. The number of benzene rings is 3. The Balaban J connectivity index is 1.59. The molecule has 0 aliphatic heterocycles. The molecule has 0 aliphatic carbocycles. The molecule has 5 heteroatoms. The Morgan fingerprint density at radius 2 is 1.90 bits per heavy atom. The molecule has 0 atom stereocenters. The van der Waals surface area contributed by atoms with E-state index in [0.717, 1.165) is 22.3 Å². The van der Waals surface area contributed by atoms with Gasteiger partial charge in [-0.15, -0.1) is 11.3 Å². The number of Topliss-reactive ketones (excluding diaryl/α,β-unsaturated/α-hetero) is 1. The van der Waals surface area contributed by atoms with E-state index in [9.17, 15) is 10.1 Å². The molecule has 0 fully saturated rings. The van der Waals surface area contributed by atoms with E-state index in [1.165, 1.54) is 23.6 Å². The van der Waals surface area contributed by atoms with Gasteiger partial charge in [0.05, 0.1) is 5.69 Å². The fourth-order valence-electron chi connectivity index (χ4n) is 3.00. The van der Waals surface area contributed by atoms with Gasteiger partial charge in [-0.2, -0.15) is 5.26 Å². The van der Waals surface area contributed by atoms with E-state index in [2.05, 4.69) is 40.6 Å². The van der Waals surface area contributed by atoms with Crippen LogP contribution in [0.2, 0.25) is 0 Å². The molecule has 0 radical (unpaired) electrons. The van der Waals surface area contributed by atoms with Crippen LogP contribution in [-0.2, 0) is 0 Å². The predicted octanol–water partition coefficient (Wildman–Crippen LogP) is 6.14. The van der Waals surface area contributed by atoms with Crippen molar-refractivity contribution in [3.8, 4) is 17.3 Å². The molecule has 0 saturated carbocycles. The number of rotatable bonds is 5. The van der Waals surface area contributed by atoms with Gasteiger partial charge in [-0.05, 0) is 35.9 Å². The zero-order valence-electron chi connectivity index (χ0n) is 15.7. The molecule has 29 heavy (non-hydrogen) atoms. The van der Waals surface area contributed by atoms with Gasteiger partial charge in [0.15, 0.2) is 5.78 Å². The molecule has 0 bridgehead atoms. The van der Waals surface area contributed by atoms with Crippen molar-refractivity contribution in [3.05, 3.63) is 88.9 Å². The number of aromatic nitrogens is 1. The minimum absolute atomic E-state index is 0.00177. The monoisotopic (exact) mass is 395 g/mol. The first-order valence-corrected chi connectivity index (χ1v) is 9.95. The highest BCUT2D eigenvalue weighted by Gasteiger charge is 2.10. The van der Waals surface area contributed by atoms with Crippen LogP contribution in [0.5, 0.6) is 0 Å². The SMILES string of the molecule is CC(=O)c1cccc(N/C=C(\C#N)c2nc(-c3ccc4ccccc4c3)cs2)c1. The van der Waals surface area contributed by atoms with Gasteiger partial charge in [0, 0.05) is 28.4 Å². The molecule has 0 unspecified atom stereocenters. The Bertz CT molecular complexity index is 1280. The van der Waals surface area contributed by atoms with Crippen LogP contribution in [0.3, 0.4) is 0 Å². The van der Waals surface area contributed by atoms with E-state index in [4.69, 9.17) is 0 Å². The van der Waals surface area contributed by atoms with Crippen LogP contribution < -0.4 is 5.32 Å². The number of allylic oxidation sites excluding steroid dienone is 1. The van der Waals surface area contributed by atoms with Crippen molar-refractivity contribution in [3.63, 3.8) is 0 Å². The normalized spacial score (nSPS) is 11.2. The van der Waals surface area contributed by atoms with Gasteiger partial charge in [0.2, 0.25) is 0 Å². The molecule has 0 aliphatic rings. The molecule has 3 aromatic carbocycles. The zero-order chi connectivity index (χ0) is 20.2. The topological polar surface area (TPSA) is 65.8 Å². The van der Waals surface area contributed by atoms with Crippen LogP contribution in [0.25, 0.3) is 27.6 Å². The van der Waals surface area contributed by atoms with Crippen LogP contribution in [0.15, 0.2) is 78.3 Å². The second kappa shape index (κ2) is 8.09. The largest absolute Gasteiger partial charge is 0.360 e. The summed E-state index contributed by atoms with van der Waals surface area (Å²) in [6, 6.07) is 23.8. The number of fused-ring (bicyclic) bond motifs is 1. The summed E-state index contributed by atoms with van der Waals surface area (Å²) in [5, 5.41) is 17.6. The number of hydrogen-bond donors (Lipinski definition) is 1. The molecule has 1 aromatic heterocycles. The van der Waals surface area contributed by atoms with Crippen LogP contribution in [0, 0.1) is 11.3 Å². The van der Waals surface area contributed by atoms with Gasteiger partial charge in [-0.1, -0.05) is 48.5 Å². The maximum absolute atomic E-state index is 11.5. The predicted molar refractivity (Wildman–Crippen MR) is 119 cm³/mol. The van der Waals surface area contributed by atoms with Crippen molar-refractivity contribution >= 4 is 39.2 Å². The summed E-state index contributed by atoms with van der Waals surface area (Å²) in [7, 11) is 0. The maximum atomic E-state index is 11.5. The minimum Gasteiger partial charge on any atom is -0.360 e. The second-order valence-corrected chi connectivity index (χ2v) is 7.41. The number of carbonyl (C=O) groups excluding carboxylic acids is 1. The lowest BCUT2D eigenvalue weighted by atomic mass is 10.1. The van der Waals surface area contributed by atoms with Crippen LogP contribution in [0.4, 0.5) is 5.69 Å². The molecule has 0 amide bonds. The van der Waals surface area contributed by atoms with Gasteiger partial charge >= 0.3 is 0 Å². The number of ketones is 1. The lowest BCUT2D eigenvalue weighted by Crippen LogP contribution is -1.95. The number of nitrogens with zero attached hydrogens (tertiary/aromatic N) is 2. The highest BCUT2D eigenvalue weighted by molar-refractivity contribution is 7.11. The van der Waals surface area contributed by atoms with Crippen LogP contribution in [0.1, 0.15) is 22.3 Å². The number of nitriles is 1. The summed E-state index contributed by atoms with van der Waals surface area (Å²) >= 11 is 1.43. The van der Waals surface area contributed by atoms with Gasteiger partial charge in [0.1, 0.15) is 16.6 Å². The van der Waals surface area contributed by atoms with E-state index in [0.29, 0.717) is 16.1 Å². The van der Waals surface area contributed by atoms with Gasteiger partial charge in [-0.3, -0.25) is 4.79 Å². The van der Waals surface area contributed by atoms with Crippen molar-refractivity contribution in [2.75, 3.05) is 5.32 Å². The van der Waals surface area contributed by atoms with Crippen molar-refractivity contribution in [2.24, 2.45) is 0 Å². The Morgan fingerprint density at radius 1 is 1.07 bits per heavy atom. The van der Waals surface area contributed by atoms with Crippen molar-refractivity contribution in [2.45, 2.75) is 6.92 Å². The number of nitrogens with one attached hydrogen (secondary N) is 1. The summed E-state index contributed by atoms with van der Waals surface area (Å²) in [5.41, 5.74) is 3.67. The fraction of sp³-hybridized carbons (Fsp3) is 0.0417. The van der Waals surface area contributed by atoms with Crippen molar-refractivity contribution in [1.82, 2.24) is 4.98 Å². The maximum Gasteiger partial charge on any atom is 0.159 e. The third-order valence-corrected chi connectivity index (χ3v) is 5.43. The Hall–Kier alpha value is -3.75. The number of anilines is 1. The molecule has 4 rings (SSSR count). The van der Waals surface area contributed by atoms with Gasteiger partial charge in [0.25, 0.3) is 0 Å². The third-order valence-electron chi connectivity index (χ3n) is 4.55. The molecular formula is C24H17N3OS. The highest BCUT2D eigenvalue weighted by atomic mass is 32.1. The van der Waals surface area contributed by atoms with E-state index < -0.39 is 0 Å². The molecule has 1 N–H and O–H groups in total. The first-order valence-electron chi connectivity index (χ1n) is 9.07. The minimum atomic E-state index is -0.00177. The Labute approximate surface area is 172 Å². The first-order chi connectivity index (χ1) is 14.1. The molecular weight excluding hydrogens is 378 g/mol. The van der Waals surface area contributed by atoms with Crippen LogP contribution >= 0.6 is 11.3 Å². The zero-order valence-corrected chi connectivity index (χ0v) is 16.5. The van der Waals surface area contributed by atoms with Crippen molar-refractivity contribution < 1.29 is 4.79 Å². The number of hydrogen-bond acceptors (Lipinski definition) is 5. The molecule has 0 spiro atoms. The van der Waals surface area contributed by atoms with E-state index in [1.54, 1.807) is 24.4 Å². The number of thiazole rings is 1. The van der Waals surface area contributed by atoms with E-state index in [1.807, 2.05) is 29.6 Å². The summed E-state index contributed by atoms with van der Waals surface area (Å²) < 4.78 is 0. The Morgan fingerprint density at radius 3 is 2.69 bits per heavy atom. The Kier molecular flexibility index (Phi) is 5.19. The summed E-state index contributed by atoms with van der Waals surface area (Å²) in [6.45, 7) is 1.53. The van der Waals surface area contributed by atoms with Crippen LogP contribution in [-0.4, -0.2) is 10.8 Å². The average Bonchev–Trinajstić information content (AvgIpc) is 3.24. The lowest BCUT2D eigenvalue weighted by molar-refractivity contribution is 0.101. The molecule has 1 heterocycles. The highest BCUT2D eigenvalue weighted by Crippen LogP contribution is 2.28. The average molecular weight is 395 g/mol. The van der Waals surface area contributed by atoms with E-state index >= 15 is 0 Å². The summed E-state index contributed by atoms with van der Waals surface area (Å²) in [4.78, 5) is 16.2. The molecule has 0 saturated heterocycles. The first kappa shape index (κ1) is 18.6. The van der Waals surface area contributed by atoms with Crippen molar-refractivity contribution in [1.29, 1.82) is 5.26 Å². The lowest BCUT2D eigenvalue weighted by Gasteiger charge is -2.03. The summed E-state index contributed by atoms with van der Waals surface area (Å²) in [6.07, 6.45) is 1.63. The number of carbonyl (C=O) groups is 1. The molecule has 140 valence electrons.